The van der Waals surface area contributed by atoms with E-state index in [0.29, 0.717) is 24.2 Å². The molecule has 1 aromatic carbocycles. The van der Waals surface area contributed by atoms with E-state index >= 15 is 0 Å². The maximum atomic E-state index is 11.9. The van der Waals surface area contributed by atoms with Crippen molar-refractivity contribution in [1.82, 2.24) is 0 Å². The Bertz CT molecular complexity index is 626. The first-order chi connectivity index (χ1) is 9.83. The van der Waals surface area contributed by atoms with Crippen molar-refractivity contribution in [3.05, 3.63) is 46.3 Å². The zero-order chi connectivity index (χ0) is 13.8. The molecule has 106 valence electrons. The molecule has 0 amide bonds. The lowest BCUT2D eigenvalue weighted by atomic mass is 10.1. The highest BCUT2D eigenvalue weighted by atomic mass is 16.7. The maximum Gasteiger partial charge on any atom is 0.339 e. The van der Waals surface area contributed by atoms with E-state index in [2.05, 4.69) is 0 Å². The largest absolute Gasteiger partial charge is 0.423 e. The van der Waals surface area contributed by atoms with Gasteiger partial charge in [0.15, 0.2) is 6.29 Å². The van der Waals surface area contributed by atoms with Gasteiger partial charge in [-0.05, 0) is 31.4 Å². The summed E-state index contributed by atoms with van der Waals surface area (Å²) in [4.78, 5) is 11.9. The van der Waals surface area contributed by atoms with E-state index in [4.69, 9.17) is 13.9 Å². The fourth-order valence-corrected chi connectivity index (χ4v) is 2.42. The molecule has 1 aliphatic rings. The number of benzene rings is 1. The molecule has 1 aromatic heterocycles. The fourth-order valence-electron chi connectivity index (χ4n) is 2.42. The SMILES string of the molecule is O=c1oc2ccccc2cc1CCOC1CCCCO1. The van der Waals surface area contributed by atoms with E-state index in [1.54, 1.807) is 6.07 Å². The standard InChI is InChI=1S/C16H18O4/c17-16-13(8-10-19-15-7-3-4-9-18-15)11-12-5-1-2-6-14(12)20-16/h1-2,5-6,11,15H,3-4,7-10H2. The summed E-state index contributed by atoms with van der Waals surface area (Å²) in [5.41, 5.74) is 0.995. The molecular weight excluding hydrogens is 256 g/mol. The van der Waals surface area contributed by atoms with Crippen LogP contribution in [0.4, 0.5) is 0 Å². The lowest BCUT2D eigenvalue weighted by molar-refractivity contribution is -0.161. The highest BCUT2D eigenvalue weighted by Crippen LogP contribution is 2.15. The summed E-state index contributed by atoms with van der Waals surface area (Å²) in [6.45, 7) is 1.25. The average molecular weight is 274 g/mol. The molecule has 1 aliphatic heterocycles. The van der Waals surface area contributed by atoms with Gasteiger partial charge in [0, 0.05) is 24.0 Å². The molecule has 4 nitrogen and oxygen atoms in total. The Balaban J connectivity index is 1.64. The zero-order valence-corrected chi connectivity index (χ0v) is 11.3. The molecule has 1 saturated heterocycles. The van der Waals surface area contributed by atoms with Crippen molar-refractivity contribution in [2.24, 2.45) is 0 Å². The monoisotopic (exact) mass is 274 g/mol. The summed E-state index contributed by atoms with van der Waals surface area (Å²) < 4.78 is 16.4. The first kappa shape index (κ1) is 13.3. The van der Waals surface area contributed by atoms with E-state index in [-0.39, 0.29) is 11.9 Å². The Morgan fingerprint density at radius 2 is 2.15 bits per heavy atom. The Morgan fingerprint density at radius 1 is 1.25 bits per heavy atom. The van der Waals surface area contributed by atoms with Gasteiger partial charge < -0.3 is 13.9 Å². The van der Waals surface area contributed by atoms with E-state index < -0.39 is 0 Å². The van der Waals surface area contributed by atoms with Crippen LogP contribution in [-0.2, 0) is 15.9 Å². The van der Waals surface area contributed by atoms with Crippen molar-refractivity contribution in [2.45, 2.75) is 32.0 Å². The van der Waals surface area contributed by atoms with Gasteiger partial charge in [0.25, 0.3) is 0 Å². The molecule has 0 radical (unpaired) electrons. The predicted octanol–water partition coefficient (Wildman–Crippen LogP) is 2.88. The minimum absolute atomic E-state index is 0.115. The lowest BCUT2D eigenvalue weighted by Crippen LogP contribution is -2.23. The van der Waals surface area contributed by atoms with Gasteiger partial charge in [-0.3, -0.25) is 0 Å². The van der Waals surface area contributed by atoms with Crippen LogP contribution in [0.1, 0.15) is 24.8 Å². The molecule has 1 atom stereocenters. The van der Waals surface area contributed by atoms with Gasteiger partial charge in [-0.2, -0.15) is 0 Å². The summed E-state index contributed by atoms with van der Waals surface area (Å²) in [6.07, 6.45) is 3.62. The third-order valence-corrected chi connectivity index (χ3v) is 3.53. The van der Waals surface area contributed by atoms with Crippen molar-refractivity contribution >= 4 is 11.0 Å². The third kappa shape index (κ3) is 3.08. The zero-order valence-electron chi connectivity index (χ0n) is 11.3. The second-order valence-electron chi connectivity index (χ2n) is 5.01. The number of ether oxygens (including phenoxy) is 2. The van der Waals surface area contributed by atoms with Crippen LogP contribution in [0, 0.1) is 0 Å². The Kier molecular flexibility index (Phi) is 4.14. The second kappa shape index (κ2) is 6.20. The van der Waals surface area contributed by atoms with Gasteiger partial charge in [-0.25, -0.2) is 4.79 Å². The van der Waals surface area contributed by atoms with Crippen LogP contribution in [-0.4, -0.2) is 19.5 Å². The molecule has 0 spiro atoms. The molecule has 0 aliphatic carbocycles. The van der Waals surface area contributed by atoms with Gasteiger partial charge >= 0.3 is 5.63 Å². The topological polar surface area (TPSA) is 48.7 Å². The summed E-state index contributed by atoms with van der Waals surface area (Å²) in [5.74, 6) is 0. The van der Waals surface area contributed by atoms with E-state index in [0.717, 1.165) is 31.3 Å². The molecule has 0 saturated carbocycles. The van der Waals surface area contributed by atoms with E-state index in [1.807, 2.05) is 24.3 Å². The van der Waals surface area contributed by atoms with Crippen LogP contribution in [0.5, 0.6) is 0 Å². The van der Waals surface area contributed by atoms with Crippen LogP contribution < -0.4 is 5.63 Å². The van der Waals surface area contributed by atoms with Crippen LogP contribution in [0.2, 0.25) is 0 Å². The Hall–Kier alpha value is -1.65. The van der Waals surface area contributed by atoms with E-state index in [1.165, 1.54) is 0 Å². The Morgan fingerprint density at radius 3 is 3.00 bits per heavy atom. The molecular formula is C16H18O4. The van der Waals surface area contributed by atoms with Gasteiger partial charge in [-0.1, -0.05) is 18.2 Å². The first-order valence-electron chi connectivity index (χ1n) is 7.08. The van der Waals surface area contributed by atoms with E-state index in [9.17, 15) is 4.79 Å². The van der Waals surface area contributed by atoms with Crippen molar-refractivity contribution < 1.29 is 13.9 Å². The molecule has 4 heteroatoms. The fraction of sp³-hybridized carbons (Fsp3) is 0.438. The number of hydrogen-bond donors (Lipinski definition) is 0. The molecule has 3 rings (SSSR count). The quantitative estimate of drug-likeness (QED) is 0.804. The molecule has 2 heterocycles. The number of fused-ring (bicyclic) bond motifs is 1. The van der Waals surface area contributed by atoms with Crippen LogP contribution in [0.15, 0.2) is 39.5 Å². The number of para-hydroxylation sites is 1. The average Bonchev–Trinajstić information content (AvgIpc) is 2.49. The summed E-state index contributed by atoms with van der Waals surface area (Å²) in [5, 5.41) is 0.941. The highest BCUT2D eigenvalue weighted by molar-refractivity contribution is 5.76. The smallest absolute Gasteiger partial charge is 0.339 e. The highest BCUT2D eigenvalue weighted by Gasteiger charge is 2.14. The molecule has 0 bridgehead atoms. The van der Waals surface area contributed by atoms with Gasteiger partial charge in [0.2, 0.25) is 0 Å². The van der Waals surface area contributed by atoms with Gasteiger partial charge in [-0.15, -0.1) is 0 Å². The number of hydrogen-bond acceptors (Lipinski definition) is 4. The van der Waals surface area contributed by atoms with Crippen molar-refractivity contribution in [2.75, 3.05) is 13.2 Å². The first-order valence-corrected chi connectivity index (χ1v) is 7.08. The predicted molar refractivity (Wildman–Crippen MR) is 75.7 cm³/mol. The van der Waals surface area contributed by atoms with Gasteiger partial charge in [0.1, 0.15) is 5.58 Å². The lowest BCUT2D eigenvalue weighted by Gasteiger charge is -2.22. The number of rotatable bonds is 4. The molecule has 1 fully saturated rings. The van der Waals surface area contributed by atoms with Crippen LogP contribution in [0.3, 0.4) is 0 Å². The maximum absolute atomic E-state index is 11.9. The molecule has 2 aromatic rings. The van der Waals surface area contributed by atoms with Crippen molar-refractivity contribution in [3.63, 3.8) is 0 Å². The molecule has 0 N–H and O–H groups in total. The minimum Gasteiger partial charge on any atom is -0.423 e. The van der Waals surface area contributed by atoms with Crippen LogP contribution >= 0.6 is 0 Å². The summed E-state index contributed by atoms with van der Waals surface area (Å²) in [6, 6.07) is 9.40. The molecule has 1 unspecified atom stereocenters. The van der Waals surface area contributed by atoms with Crippen molar-refractivity contribution in [3.8, 4) is 0 Å². The van der Waals surface area contributed by atoms with Gasteiger partial charge in [0.05, 0.1) is 6.61 Å². The summed E-state index contributed by atoms with van der Waals surface area (Å²) in [7, 11) is 0. The summed E-state index contributed by atoms with van der Waals surface area (Å²) >= 11 is 0. The second-order valence-corrected chi connectivity index (χ2v) is 5.01. The Labute approximate surface area is 117 Å². The minimum atomic E-state index is -0.281. The van der Waals surface area contributed by atoms with Crippen LogP contribution in [0.25, 0.3) is 11.0 Å². The molecule has 20 heavy (non-hydrogen) atoms. The third-order valence-electron chi connectivity index (χ3n) is 3.53. The normalized spacial score (nSPS) is 19.3. The van der Waals surface area contributed by atoms with Crippen molar-refractivity contribution in [1.29, 1.82) is 0 Å².